The van der Waals surface area contributed by atoms with E-state index in [0.717, 1.165) is 23.5 Å². The Morgan fingerprint density at radius 1 is 1.08 bits per heavy atom. The zero-order chi connectivity index (χ0) is 25.9. The number of aromatic nitrogens is 2. The molecule has 36 heavy (non-hydrogen) atoms. The van der Waals surface area contributed by atoms with E-state index < -0.39 is 36.0 Å². The van der Waals surface area contributed by atoms with Gasteiger partial charge in [-0.15, -0.1) is 11.3 Å². The van der Waals surface area contributed by atoms with Crippen LogP contribution in [0.4, 0.5) is 24.0 Å². The summed E-state index contributed by atoms with van der Waals surface area (Å²) in [5.41, 5.74) is 1.96. The Morgan fingerprint density at radius 3 is 2.58 bits per heavy atom. The summed E-state index contributed by atoms with van der Waals surface area (Å²) < 4.78 is 40.2. The summed E-state index contributed by atoms with van der Waals surface area (Å²) in [6.45, 7) is 0. The van der Waals surface area contributed by atoms with Crippen LogP contribution in [0.5, 0.6) is 0 Å². The fourth-order valence-corrected chi connectivity index (χ4v) is 4.86. The van der Waals surface area contributed by atoms with Crippen molar-refractivity contribution in [3.63, 3.8) is 0 Å². The smallest absolute Gasteiger partial charge is 0.416 e. The summed E-state index contributed by atoms with van der Waals surface area (Å²) in [7, 11) is 0. The Morgan fingerprint density at radius 2 is 1.89 bits per heavy atom. The molecule has 2 amide bonds. The number of carboxylic acids is 1. The molecule has 0 aliphatic heterocycles. The second-order valence-electron chi connectivity index (χ2n) is 7.63. The summed E-state index contributed by atoms with van der Waals surface area (Å²) in [6, 6.07) is 9.22. The third-order valence-corrected chi connectivity index (χ3v) is 6.64. The van der Waals surface area contributed by atoms with E-state index in [2.05, 4.69) is 20.6 Å². The summed E-state index contributed by atoms with van der Waals surface area (Å²) in [5.74, 6) is -3.36. The van der Waals surface area contributed by atoms with E-state index in [1.165, 1.54) is 23.5 Å². The maximum atomic E-state index is 13.2. The maximum absolute atomic E-state index is 13.2. The number of fused-ring (bicyclic) bond motifs is 1. The molecule has 0 aliphatic carbocycles. The Balaban J connectivity index is 1.54. The third-order valence-electron chi connectivity index (χ3n) is 5.12. The third kappa shape index (κ3) is 6.04. The molecular weight excluding hydrogens is 517 g/mol. The molecule has 0 saturated carbocycles. The Hall–Kier alpha value is -3.84. The van der Waals surface area contributed by atoms with Gasteiger partial charge in [-0.05, 0) is 36.2 Å². The Kier molecular flexibility index (Phi) is 7.31. The summed E-state index contributed by atoms with van der Waals surface area (Å²) in [5, 5.41) is 16.2. The molecule has 0 saturated heterocycles. The minimum Gasteiger partial charge on any atom is -0.481 e. The van der Waals surface area contributed by atoms with Gasteiger partial charge in [-0.1, -0.05) is 29.5 Å². The van der Waals surface area contributed by atoms with Crippen molar-refractivity contribution in [2.45, 2.75) is 24.9 Å². The quantitative estimate of drug-likeness (QED) is 0.270. The van der Waals surface area contributed by atoms with Crippen LogP contribution in [0, 0.1) is 0 Å². The molecule has 186 valence electrons. The lowest BCUT2D eigenvalue weighted by Gasteiger charge is -2.17. The normalized spacial score (nSPS) is 12.3. The van der Waals surface area contributed by atoms with E-state index in [0.29, 0.717) is 15.9 Å². The van der Waals surface area contributed by atoms with Crippen molar-refractivity contribution in [3.8, 4) is 0 Å². The van der Waals surface area contributed by atoms with Crippen molar-refractivity contribution in [2.75, 3.05) is 10.6 Å². The monoisotopic (exact) mass is 534 g/mol. The average Bonchev–Trinajstić information content (AvgIpc) is 3.48. The van der Waals surface area contributed by atoms with Gasteiger partial charge in [0.1, 0.15) is 5.69 Å². The number of carboxylic acid groups (broad SMARTS) is 1. The fraction of sp³-hybridized carbons (Fsp3) is 0.174. The van der Waals surface area contributed by atoms with Crippen molar-refractivity contribution >= 4 is 61.5 Å². The van der Waals surface area contributed by atoms with Crippen LogP contribution in [0.3, 0.4) is 0 Å². The number of nitrogens with zero attached hydrogens (tertiary/aromatic N) is 2. The first kappa shape index (κ1) is 25.3. The molecule has 0 fully saturated rings. The topological polar surface area (TPSA) is 121 Å². The summed E-state index contributed by atoms with van der Waals surface area (Å²) in [6.07, 6.45) is -5.21. The molecule has 0 bridgehead atoms. The number of rotatable bonds is 8. The second kappa shape index (κ2) is 10.4. The van der Waals surface area contributed by atoms with Crippen molar-refractivity contribution in [3.05, 3.63) is 70.2 Å². The van der Waals surface area contributed by atoms with E-state index in [1.807, 2.05) is 0 Å². The Labute approximate surface area is 209 Å². The van der Waals surface area contributed by atoms with Gasteiger partial charge in [0, 0.05) is 17.5 Å². The van der Waals surface area contributed by atoms with Gasteiger partial charge < -0.3 is 15.7 Å². The molecule has 0 radical (unpaired) electrons. The Bertz CT molecular complexity index is 1420. The number of nitrogens with one attached hydrogen (secondary N) is 2. The van der Waals surface area contributed by atoms with Gasteiger partial charge in [0.15, 0.2) is 5.13 Å². The van der Waals surface area contributed by atoms with Crippen LogP contribution < -0.4 is 10.6 Å². The average molecular weight is 535 g/mol. The van der Waals surface area contributed by atoms with Crippen LogP contribution in [-0.4, -0.2) is 32.9 Å². The first-order valence-electron chi connectivity index (χ1n) is 10.4. The van der Waals surface area contributed by atoms with Gasteiger partial charge in [-0.2, -0.15) is 13.2 Å². The van der Waals surface area contributed by atoms with Crippen LogP contribution in [0.1, 0.15) is 40.4 Å². The molecule has 3 N–H and O–H groups in total. The predicted octanol–water partition coefficient (Wildman–Crippen LogP) is 5.61. The molecule has 1 unspecified atom stereocenters. The highest BCUT2D eigenvalue weighted by Crippen LogP contribution is 2.34. The zero-order valence-electron chi connectivity index (χ0n) is 18.2. The van der Waals surface area contributed by atoms with Crippen LogP contribution in [-0.2, 0) is 15.8 Å². The highest BCUT2D eigenvalue weighted by atomic mass is 32.1. The first-order valence-corrected chi connectivity index (χ1v) is 12.2. The summed E-state index contributed by atoms with van der Waals surface area (Å²) in [4.78, 5) is 44.6. The number of anilines is 2. The lowest BCUT2D eigenvalue weighted by molar-refractivity contribution is -0.138. The highest BCUT2D eigenvalue weighted by Gasteiger charge is 2.32. The number of hydrogen-bond acceptors (Lipinski definition) is 7. The number of alkyl halides is 3. The SMILES string of the molecule is O=C(O)CCC(C(=O)Nc1nc2ccc(NC(=O)c3cscn3)cc2s1)c1cccc(C(F)(F)F)c1. The molecule has 4 rings (SSSR count). The van der Waals surface area contributed by atoms with Gasteiger partial charge in [0.2, 0.25) is 5.91 Å². The van der Waals surface area contributed by atoms with Crippen LogP contribution >= 0.6 is 22.7 Å². The number of hydrogen-bond donors (Lipinski definition) is 3. The van der Waals surface area contributed by atoms with E-state index in [4.69, 9.17) is 5.11 Å². The van der Waals surface area contributed by atoms with Crippen LogP contribution in [0.2, 0.25) is 0 Å². The number of benzene rings is 2. The van der Waals surface area contributed by atoms with Crippen molar-refractivity contribution < 1.29 is 32.7 Å². The molecule has 0 aliphatic rings. The molecule has 0 spiro atoms. The molecule has 2 aromatic heterocycles. The van der Waals surface area contributed by atoms with E-state index in [-0.39, 0.29) is 28.7 Å². The second-order valence-corrected chi connectivity index (χ2v) is 9.38. The maximum Gasteiger partial charge on any atom is 0.416 e. The van der Waals surface area contributed by atoms with Crippen molar-refractivity contribution in [1.82, 2.24) is 9.97 Å². The summed E-state index contributed by atoms with van der Waals surface area (Å²) >= 11 is 2.39. The molecule has 2 aromatic carbocycles. The lowest BCUT2D eigenvalue weighted by atomic mass is 9.92. The molecule has 13 heteroatoms. The predicted molar refractivity (Wildman–Crippen MR) is 129 cm³/mol. The number of carbonyl (C=O) groups excluding carboxylic acids is 2. The van der Waals surface area contributed by atoms with E-state index in [1.54, 1.807) is 29.1 Å². The first-order chi connectivity index (χ1) is 17.1. The van der Waals surface area contributed by atoms with Crippen LogP contribution in [0.25, 0.3) is 10.2 Å². The number of amides is 2. The molecule has 4 aromatic rings. The van der Waals surface area contributed by atoms with Crippen molar-refractivity contribution in [2.24, 2.45) is 0 Å². The van der Waals surface area contributed by atoms with Gasteiger partial charge in [-0.3, -0.25) is 14.4 Å². The van der Waals surface area contributed by atoms with Crippen molar-refractivity contribution in [1.29, 1.82) is 0 Å². The molecule has 1 atom stereocenters. The molecule has 8 nitrogen and oxygen atoms in total. The van der Waals surface area contributed by atoms with Gasteiger partial charge in [0.05, 0.1) is 27.2 Å². The van der Waals surface area contributed by atoms with Crippen LogP contribution in [0.15, 0.2) is 53.4 Å². The molecule has 2 heterocycles. The number of thiazole rings is 2. The molecular formula is C23H17F3N4O4S2. The number of aliphatic carboxylic acids is 1. The lowest BCUT2D eigenvalue weighted by Crippen LogP contribution is -2.22. The van der Waals surface area contributed by atoms with E-state index in [9.17, 15) is 27.6 Å². The fourth-order valence-electron chi connectivity index (χ4n) is 3.42. The number of halogens is 3. The number of carbonyl (C=O) groups is 3. The minimum atomic E-state index is -4.61. The van der Waals surface area contributed by atoms with Gasteiger partial charge in [0.25, 0.3) is 5.91 Å². The minimum absolute atomic E-state index is 0.0525. The van der Waals surface area contributed by atoms with Gasteiger partial charge >= 0.3 is 12.1 Å². The van der Waals surface area contributed by atoms with Gasteiger partial charge in [-0.25, -0.2) is 9.97 Å². The zero-order valence-corrected chi connectivity index (χ0v) is 19.8. The highest BCUT2D eigenvalue weighted by molar-refractivity contribution is 7.22. The standard InChI is InChI=1S/C23H17F3N4O4S2/c24-23(25,26)13-3-1-2-12(8-13)15(5-7-19(31)32)20(33)30-22-29-16-6-4-14(9-18(16)36-22)28-21(34)17-10-35-11-27-17/h1-4,6,8-11,15H,5,7H2,(H,28,34)(H,31,32)(H,29,30,33). The largest absolute Gasteiger partial charge is 0.481 e. The van der Waals surface area contributed by atoms with E-state index >= 15 is 0 Å².